The van der Waals surface area contributed by atoms with Crippen molar-refractivity contribution in [2.75, 3.05) is 17.6 Å². The van der Waals surface area contributed by atoms with Crippen molar-refractivity contribution in [2.24, 2.45) is 0 Å². The van der Waals surface area contributed by atoms with Crippen molar-refractivity contribution < 1.29 is 27.8 Å². The summed E-state index contributed by atoms with van der Waals surface area (Å²) < 4.78 is 37.6. The van der Waals surface area contributed by atoms with E-state index in [1.54, 1.807) is 30.3 Å². The topological polar surface area (TPSA) is 114 Å². The van der Waals surface area contributed by atoms with Crippen molar-refractivity contribution in [2.45, 2.75) is 43.6 Å². The molecule has 0 spiro atoms. The smallest absolute Gasteiger partial charge is 0.229 e. The monoisotopic (exact) mass is 480 g/mol. The molecule has 0 aromatic heterocycles. The number of hydrogen-bond donors (Lipinski definition) is 3. The van der Waals surface area contributed by atoms with Gasteiger partial charge in [-0.15, -0.1) is 0 Å². The number of ether oxygens (including phenoxy) is 2. The quantitative estimate of drug-likeness (QED) is 0.560. The first kappa shape index (κ1) is 22.8. The van der Waals surface area contributed by atoms with Crippen molar-refractivity contribution >= 4 is 33.2 Å². The molecule has 1 saturated heterocycles. The van der Waals surface area contributed by atoms with E-state index in [1.165, 1.54) is 0 Å². The Kier molecular flexibility index (Phi) is 6.62. The summed E-state index contributed by atoms with van der Waals surface area (Å²) in [6, 6.07) is 12.3. The molecule has 4 atom stereocenters. The number of benzene rings is 2. The molecule has 1 amide bonds. The van der Waals surface area contributed by atoms with Crippen molar-refractivity contribution in [3.8, 4) is 5.75 Å². The van der Waals surface area contributed by atoms with Crippen LogP contribution in [0.5, 0.6) is 5.75 Å². The van der Waals surface area contributed by atoms with Gasteiger partial charge in [-0.2, -0.15) is 0 Å². The van der Waals surface area contributed by atoms with Crippen LogP contribution < -0.4 is 14.8 Å². The van der Waals surface area contributed by atoms with E-state index in [4.69, 9.17) is 21.1 Å². The molecule has 0 saturated carbocycles. The van der Waals surface area contributed by atoms with Crippen LogP contribution >= 0.6 is 11.6 Å². The Morgan fingerprint density at radius 2 is 1.97 bits per heavy atom. The summed E-state index contributed by atoms with van der Waals surface area (Å²) >= 11 is 5.88. The summed E-state index contributed by atoms with van der Waals surface area (Å²) in [6.45, 7) is 0.136. The van der Waals surface area contributed by atoms with E-state index in [0.29, 0.717) is 29.4 Å². The number of rotatable bonds is 7. The van der Waals surface area contributed by atoms with Crippen LogP contribution in [0.2, 0.25) is 5.02 Å². The van der Waals surface area contributed by atoms with Gasteiger partial charge >= 0.3 is 0 Å². The van der Waals surface area contributed by atoms with Gasteiger partial charge in [0.1, 0.15) is 18.0 Å². The highest BCUT2D eigenvalue weighted by Crippen LogP contribution is 2.47. The van der Waals surface area contributed by atoms with Crippen molar-refractivity contribution in [1.82, 2.24) is 5.32 Å². The van der Waals surface area contributed by atoms with Gasteiger partial charge in [0.15, 0.2) is 0 Å². The second kappa shape index (κ2) is 9.27. The van der Waals surface area contributed by atoms with Crippen molar-refractivity contribution in [1.29, 1.82) is 0 Å². The maximum absolute atomic E-state index is 12.5. The molecule has 2 aromatic carbocycles. The highest BCUT2D eigenvalue weighted by Gasteiger charge is 2.46. The molecule has 8 nitrogen and oxygen atoms in total. The molecule has 4 rings (SSSR count). The highest BCUT2D eigenvalue weighted by atomic mass is 35.5. The van der Waals surface area contributed by atoms with Crippen LogP contribution in [-0.2, 0) is 26.1 Å². The molecule has 0 radical (unpaired) electrons. The number of anilines is 1. The standard InChI is InChI=1S/C22H25ClN2O6S/c1-32(28,29)25-15-6-7-19-17(8-15)18-9-16(30-20(12-26)22(18)31-19)10-21(27)24-11-13-2-4-14(23)5-3-13/h2-8,16,18,20,22,25-26H,9-12H2,1H3,(H,24,27)/t16-,18-,20-,22+/m1/s1. The molecule has 2 aliphatic rings. The van der Waals surface area contributed by atoms with Gasteiger partial charge in [0.05, 0.1) is 25.4 Å². The normalized spacial score (nSPS) is 24.2. The average molecular weight is 481 g/mol. The summed E-state index contributed by atoms with van der Waals surface area (Å²) in [6.07, 6.45) is 0.376. The fraction of sp³-hybridized carbons (Fsp3) is 0.409. The van der Waals surface area contributed by atoms with Gasteiger partial charge in [0.25, 0.3) is 0 Å². The number of fused-ring (bicyclic) bond motifs is 3. The zero-order valence-electron chi connectivity index (χ0n) is 17.5. The first-order valence-corrected chi connectivity index (χ1v) is 12.5. The van der Waals surface area contributed by atoms with Gasteiger partial charge < -0.3 is 19.9 Å². The number of amides is 1. The fourth-order valence-electron chi connectivity index (χ4n) is 4.25. The third-order valence-electron chi connectivity index (χ3n) is 5.62. The minimum Gasteiger partial charge on any atom is -0.487 e. The zero-order chi connectivity index (χ0) is 22.9. The summed E-state index contributed by atoms with van der Waals surface area (Å²) in [7, 11) is -3.41. The minimum atomic E-state index is -3.41. The van der Waals surface area contributed by atoms with Crippen LogP contribution in [0.4, 0.5) is 5.69 Å². The zero-order valence-corrected chi connectivity index (χ0v) is 19.0. The van der Waals surface area contributed by atoms with Crippen LogP contribution in [0.15, 0.2) is 42.5 Å². The Morgan fingerprint density at radius 1 is 1.22 bits per heavy atom. The highest BCUT2D eigenvalue weighted by molar-refractivity contribution is 7.92. The molecule has 0 bridgehead atoms. The molecule has 3 N–H and O–H groups in total. The van der Waals surface area contributed by atoms with E-state index in [9.17, 15) is 18.3 Å². The van der Waals surface area contributed by atoms with Gasteiger partial charge in [0, 0.05) is 28.7 Å². The molecule has 172 valence electrons. The molecule has 2 aliphatic heterocycles. The SMILES string of the molecule is CS(=O)(=O)Nc1ccc2c(c1)[C@H]1C[C@H](CC(=O)NCc3ccc(Cl)cc3)O[C@H](CO)[C@H]1O2. The molecule has 2 heterocycles. The van der Waals surface area contributed by atoms with Gasteiger partial charge in [-0.25, -0.2) is 8.42 Å². The molecular formula is C22H25ClN2O6S. The van der Waals surface area contributed by atoms with E-state index in [2.05, 4.69) is 10.0 Å². The molecule has 0 unspecified atom stereocenters. The summed E-state index contributed by atoms with van der Waals surface area (Å²) in [5.74, 6) is 0.354. The van der Waals surface area contributed by atoms with E-state index in [0.717, 1.165) is 17.4 Å². The van der Waals surface area contributed by atoms with Crippen LogP contribution in [0.1, 0.15) is 29.9 Å². The molecule has 10 heteroatoms. The van der Waals surface area contributed by atoms with E-state index < -0.39 is 28.3 Å². The molecule has 1 fully saturated rings. The van der Waals surface area contributed by atoms with Crippen molar-refractivity contribution in [3.05, 3.63) is 58.6 Å². The number of nitrogens with one attached hydrogen (secondary N) is 2. The Balaban J connectivity index is 1.43. The van der Waals surface area contributed by atoms with Crippen LogP contribution in [0.25, 0.3) is 0 Å². The number of halogens is 1. The van der Waals surface area contributed by atoms with Gasteiger partial charge in [-0.05, 0) is 42.3 Å². The maximum atomic E-state index is 12.5. The lowest BCUT2D eigenvalue weighted by atomic mass is 9.84. The largest absolute Gasteiger partial charge is 0.487 e. The van der Waals surface area contributed by atoms with Crippen molar-refractivity contribution in [3.63, 3.8) is 0 Å². The average Bonchev–Trinajstić information content (AvgIpc) is 3.09. The lowest BCUT2D eigenvalue weighted by molar-refractivity contribution is -0.142. The summed E-state index contributed by atoms with van der Waals surface area (Å²) in [4.78, 5) is 12.5. The number of carbonyl (C=O) groups excluding carboxylic acids is 1. The third kappa shape index (κ3) is 5.35. The molecule has 32 heavy (non-hydrogen) atoms. The Morgan fingerprint density at radius 3 is 2.66 bits per heavy atom. The van der Waals surface area contributed by atoms with E-state index >= 15 is 0 Å². The Bertz CT molecular complexity index is 1090. The summed E-state index contributed by atoms with van der Waals surface area (Å²) in [5.41, 5.74) is 2.22. The second-order valence-electron chi connectivity index (χ2n) is 8.14. The predicted octanol–water partition coefficient (Wildman–Crippen LogP) is 2.41. The molecule has 0 aliphatic carbocycles. The maximum Gasteiger partial charge on any atom is 0.229 e. The Hall–Kier alpha value is -2.33. The van der Waals surface area contributed by atoms with Gasteiger partial charge in [0.2, 0.25) is 15.9 Å². The van der Waals surface area contributed by atoms with Gasteiger partial charge in [-0.3, -0.25) is 9.52 Å². The first-order chi connectivity index (χ1) is 15.2. The Labute approximate surface area is 191 Å². The van der Waals surface area contributed by atoms with Crippen LogP contribution in [0.3, 0.4) is 0 Å². The fourth-order valence-corrected chi connectivity index (χ4v) is 4.93. The number of hydrogen-bond acceptors (Lipinski definition) is 6. The second-order valence-corrected chi connectivity index (χ2v) is 10.3. The number of sulfonamides is 1. The van der Waals surface area contributed by atoms with Crippen LogP contribution in [-0.4, -0.2) is 50.6 Å². The van der Waals surface area contributed by atoms with E-state index in [-0.39, 0.29) is 24.9 Å². The minimum absolute atomic E-state index is 0.119. The predicted molar refractivity (Wildman–Crippen MR) is 120 cm³/mol. The number of carbonyl (C=O) groups is 1. The van der Waals surface area contributed by atoms with Gasteiger partial charge in [-0.1, -0.05) is 23.7 Å². The molecular weight excluding hydrogens is 456 g/mol. The first-order valence-electron chi connectivity index (χ1n) is 10.3. The third-order valence-corrected chi connectivity index (χ3v) is 6.48. The number of aliphatic hydroxyl groups excluding tert-OH is 1. The number of aliphatic hydroxyl groups is 1. The van der Waals surface area contributed by atoms with E-state index in [1.807, 2.05) is 12.1 Å². The lowest BCUT2D eigenvalue weighted by Crippen LogP contribution is -2.47. The molecule has 2 aromatic rings. The summed E-state index contributed by atoms with van der Waals surface area (Å²) in [5, 5.41) is 13.4. The van der Waals surface area contributed by atoms with Crippen LogP contribution in [0, 0.1) is 0 Å². The lowest BCUT2D eigenvalue weighted by Gasteiger charge is -2.37.